The summed E-state index contributed by atoms with van der Waals surface area (Å²) in [5.74, 6) is 3.08. The Morgan fingerprint density at radius 3 is 2.71 bits per heavy atom. The van der Waals surface area contributed by atoms with Crippen molar-refractivity contribution in [1.29, 1.82) is 0 Å². The van der Waals surface area contributed by atoms with E-state index in [0.717, 1.165) is 24.2 Å². The maximum atomic E-state index is 12.4. The third-order valence-electron chi connectivity index (χ3n) is 5.39. The van der Waals surface area contributed by atoms with Gasteiger partial charge < -0.3 is 9.47 Å². The van der Waals surface area contributed by atoms with E-state index in [0.29, 0.717) is 28.7 Å². The van der Waals surface area contributed by atoms with E-state index >= 15 is 0 Å². The van der Waals surface area contributed by atoms with Gasteiger partial charge in [0.1, 0.15) is 11.9 Å². The second-order valence-corrected chi connectivity index (χ2v) is 8.78. The molecule has 0 bridgehead atoms. The summed E-state index contributed by atoms with van der Waals surface area (Å²) in [5.41, 5.74) is 0.915. The molecule has 3 rings (SSSR count). The zero-order valence-corrected chi connectivity index (χ0v) is 17.8. The van der Waals surface area contributed by atoms with Crippen LogP contribution in [0.3, 0.4) is 0 Å². The highest BCUT2D eigenvalue weighted by Gasteiger charge is 2.33. The fourth-order valence-corrected chi connectivity index (χ4v) is 4.35. The maximum absolute atomic E-state index is 12.4. The van der Waals surface area contributed by atoms with Crippen molar-refractivity contribution in [3.8, 4) is 17.1 Å². The topological polar surface area (TPSA) is 77.1 Å². The van der Waals surface area contributed by atoms with Gasteiger partial charge in [0.2, 0.25) is 5.16 Å². The Morgan fingerprint density at radius 2 is 2.04 bits per heavy atom. The molecule has 0 saturated heterocycles. The van der Waals surface area contributed by atoms with Gasteiger partial charge in [0.25, 0.3) is 0 Å². The molecule has 7 heteroatoms. The first kappa shape index (κ1) is 20.7. The second kappa shape index (κ2) is 9.45. The Labute approximate surface area is 170 Å². The fraction of sp³-hybridized carbons (Fsp3) is 0.571. The number of aromatic nitrogens is 3. The van der Waals surface area contributed by atoms with Crippen LogP contribution in [0.15, 0.2) is 29.4 Å². The van der Waals surface area contributed by atoms with E-state index in [1.165, 1.54) is 18.2 Å². The van der Waals surface area contributed by atoms with Crippen molar-refractivity contribution >= 4 is 17.7 Å². The highest BCUT2D eigenvalue weighted by molar-refractivity contribution is 7.99. The molecule has 6 nitrogen and oxygen atoms in total. The Hall–Kier alpha value is -2.02. The Bertz CT molecular complexity index is 775. The average molecular weight is 404 g/mol. The Kier molecular flexibility index (Phi) is 6.99. The van der Waals surface area contributed by atoms with Crippen LogP contribution in [0.25, 0.3) is 11.4 Å². The third-order valence-corrected chi connectivity index (χ3v) is 6.21. The zero-order chi connectivity index (χ0) is 20.1. The second-order valence-electron chi connectivity index (χ2n) is 7.84. The van der Waals surface area contributed by atoms with Crippen molar-refractivity contribution in [2.24, 2.45) is 17.8 Å². The summed E-state index contributed by atoms with van der Waals surface area (Å²) in [6.07, 6.45) is 3.34. The number of hydrogen-bond acceptors (Lipinski definition) is 6. The molecule has 0 aliphatic heterocycles. The summed E-state index contributed by atoms with van der Waals surface area (Å²) in [5, 5.41) is 7.66. The number of carbonyl (C=O) groups is 1. The van der Waals surface area contributed by atoms with Gasteiger partial charge >= 0.3 is 5.97 Å². The normalized spacial score (nSPS) is 22.2. The van der Waals surface area contributed by atoms with Gasteiger partial charge in [-0.1, -0.05) is 39.0 Å². The highest BCUT2D eigenvalue weighted by Crippen LogP contribution is 2.35. The number of esters is 1. The van der Waals surface area contributed by atoms with Crippen molar-refractivity contribution in [3.05, 3.63) is 24.3 Å². The summed E-state index contributed by atoms with van der Waals surface area (Å²) in [6.45, 7) is 6.66. The van der Waals surface area contributed by atoms with Crippen LogP contribution in [0.4, 0.5) is 0 Å². The lowest BCUT2D eigenvalue weighted by Gasteiger charge is -2.36. The number of methoxy groups -OCH3 is 1. The van der Waals surface area contributed by atoms with Gasteiger partial charge in [-0.25, -0.2) is 4.98 Å². The average Bonchev–Trinajstić information content (AvgIpc) is 3.15. The predicted octanol–water partition coefficient (Wildman–Crippen LogP) is 4.58. The van der Waals surface area contributed by atoms with E-state index in [1.54, 1.807) is 7.11 Å². The van der Waals surface area contributed by atoms with Crippen LogP contribution in [0.5, 0.6) is 5.75 Å². The molecular weight excluding hydrogens is 374 g/mol. The molecule has 2 aromatic rings. The molecule has 0 unspecified atom stereocenters. The van der Waals surface area contributed by atoms with E-state index in [2.05, 4.69) is 36.0 Å². The first-order valence-corrected chi connectivity index (χ1v) is 10.8. The number of carbonyl (C=O) groups excluding carboxylic acids is 1. The van der Waals surface area contributed by atoms with E-state index in [1.807, 2.05) is 24.3 Å². The molecule has 0 spiro atoms. The molecule has 0 radical (unpaired) electrons. The number of nitrogens with zero attached hydrogens (tertiary/aromatic N) is 2. The first-order valence-electron chi connectivity index (χ1n) is 9.85. The molecule has 28 heavy (non-hydrogen) atoms. The summed E-state index contributed by atoms with van der Waals surface area (Å²) >= 11 is 1.30. The Morgan fingerprint density at radius 1 is 1.29 bits per heavy atom. The highest BCUT2D eigenvalue weighted by atomic mass is 32.2. The number of nitrogens with one attached hydrogen (secondary N) is 1. The third kappa shape index (κ3) is 5.28. The molecule has 1 aliphatic rings. The molecule has 1 heterocycles. The van der Waals surface area contributed by atoms with Gasteiger partial charge in [0.15, 0.2) is 5.82 Å². The van der Waals surface area contributed by atoms with Crippen molar-refractivity contribution in [2.45, 2.75) is 51.3 Å². The number of rotatable bonds is 7. The van der Waals surface area contributed by atoms with Crippen molar-refractivity contribution in [3.63, 3.8) is 0 Å². The van der Waals surface area contributed by atoms with Gasteiger partial charge in [0.05, 0.1) is 12.9 Å². The maximum Gasteiger partial charge on any atom is 0.316 e. The van der Waals surface area contributed by atoms with Crippen LogP contribution >= 0.6 is 11.8 Å². The minimum absolute atomic E-state index is 0.0267. The molecule has 1 aromatic carbocycles. The van der Waals surface area contributed by atoms with Gasteiger partial charge in [-0.3, -0.25) is 9.89 Å². The minimum Gasteiger partial charge on any atom is -0.497 e. The van der Waals surface area contributed by atoms with E-state index in [9.17, 15) is 4.79 Å². The molecule has 1 aromatic heterocycles. The van der Waals surface area contributed by atoms with Gasteiger partial charge in [-0.15, -0.1) is 5.10 Å². The van der Waals surface area contributed by atoms with Crippen LogP contribution < -0.4 is 4.74 Å². The van der Waals surface area contributed by atoms with Gasteiger partial charge in [0, 0.05) is 5.56 Å². The lowest BCUT2D eigenvalue weighted by molar-refractivity contribution is -0.152. The molecule has 0 amide bonds. The molecule has 1 N–H and O–H groups in total. The summed E-state index contributed by atoms with van der Waals surface area (Å²) < 4.78 is 11.0. The smallest absolute Gasteiger partial charge is 0.316 e. The number of hydrogen-bond donors (Lipinski definition) is 1. The zero-order valence-electron chi connectivity index (χ0n) is 17.0. The fourth-order valence-electron chi connectivity index (χ4n) is 3.77. The number of thioether (sulfide) groups is 1. The number of H-pyrrole nitrogens is 1. The molecule has 1 fully saturated rings. The lowest BCUT2D eigenvalue weighted by atomic mass is 9.75. The van der Waals surface area contributed by atoms with Gasteiger partial charge in [-0.05, 0) is 54.9 Å². The summed E-state index contributed by atoms with van der Waals surface area (Å²) in [7, 11) is 1.63. The molecule has 152 valence electrons. The lowest BCUT2D eigenvalue weighted by Crippen LogP contribution is -2.36. The van der Waals surface area contributed by atoms with Crippen molar-refractivity contribution in [2.75, 3.05) is 12.9 Å². The molecule has 1 aliphatic carbocycles. The van der Waals surface area contributed by atoms with Crippen LogP contribution in [0.1, 0.15) is 40.0 Å². The van der Waals surface area contributed by atoms with Crippen LogP contribution in [-0.2, 0) is 9.53 Å². The number of benzene rings is 1. The predicted molar refractivity (Wildman–Crippen MR) is 110 cm³/mol. The van der Waals surface area contributed by atoms with Gasteiger partial charge in [-0.2, -0.15) is 0 Å². The minimum atomic E-state index is -0.189. The standard InChI is InChI=1S/C21H29N3O3S/c1-13(2)17-10-5-14(3)11-18(17)27-19(25)12-28-21-22-20(23-24-21)15-6-8-16(26-4)9-7-15/h6-9,13-14,17-18H,5,10-12H2,1-4H3,(H,22,23,24)/t14-,17+,18-/m1/s1. The number of aromatic amines is 1. The Balaban J connectivity index is 1.53. The molecule has 1 saturated carbocycles. The monoisotopic (exact) mass is 403 g/mol. The number of ether oxygens (including phenoxy) is 2. The van der Waals surface area contributed by atoms with E-state index < -0.39 is 0 Å². The van der Waals surface area contributed by atoms with Crippen molar-refractivity contribution < 1.29 is 14.3 Å². The van der Waals surface area contributed by atoms with Crippen LogP contribution in [0, 0.1) is 17.8 Å². The van der Waals surface area contributed by atoms with Crippen LogP contribution in [0.2, 0.25) is 0 Å². The molecule has 3 atom stereocenters. The largest absolute Gasteiger partial charge is 0.497 e. The quantitative estimate of drug-likeness (QED) is 0.539. The first-order chi connectivity index (χ1) is 13.5. The van der Waals surface area contributed by atoms with Crippen LogP contribution in [-0.4, -0.2) is 40.1 Å². The SMILES string of the molecule is COc1ccc(-c2nc(SCC(=O)O[C@@H]3C[C@H](C)CC[C@H]3C(C)C)n[nH]2)cc1. The van der Waals surface area contributed by atoms with Crippen molar-refractivity contribution in [1.82, 2.24) is 15.2 Å². The molecular formula is C21H29N3O3S. The summed E-state index contributed by atoms with van der Waals surface area (Å²) in [6, 6.07) is 7.58. The van der Waals surface area contributed by atoms with E-state index in [4.69, 9.17) is 9.47 Å². The summed E-state index contributed by atoms with van der Waals surface area (Å²) in [4.78, 5) is 16.8. The van der Waals surface area contributed by atoms with E-state index in [-0.39, 0.29) is 17.8 Å².